The number of alkyl halides is 3. The summed E-state index contributed by atoms with van der Waals surface area (Å²) in [5.41, 5.74) is 0. The molecule has 0 aliphatic rings. The molecular formula is C7H16F3NSi. The highest BCUT2D eigenvalue weighted by molar-refractivity contribution is 6.74. The third-order valence-corrected chi connectivity index (χ3v) is 6.13. The lowest BCUT2D eigenvalue weighted by Gasteiger charge is -2.30. The summed E-state index contributed by atoms with van der Waals surface area (Å²) in [5, 5.41) is 0. The highest BCUT2D eigenvalue weighted by Gasteiger charge is 2.33. The Kier molecular flexibility index (Phi) is 3.77. The molecule has 0 aromatic rings. The second-order valence-corrected chi connectivity index (χ2v) is 8.84. The van der Waals surface area contributed by atoms with Crippen molar-refractivity contribution in [1.82, 2.24) is 4.57 Å². The van der Waals surface area contributed by atoms with Gasteiger partial charge in [-0.1, -0.05) is 13.1 Å². The summed E-state index contributed by atoms with van der Waals surface area (Å²) in [6.45, 7) is 3.89. The molecule has 1 nitrogen and oxygen atoms in total. The van der Waals surface area contributed by atoms with Gasteiger partial charge in [-0.3, -0.25) is 0 Å². The van der Waals surface area contributed by atoms with E-state index in [9.17, 15) is 13.2 Å². The highest BCUT2D eigenvalue weighted by Crippen LogP contribution is 2.26. The van der Waals surface area contributed by atoms with E-state index in [-0.39, 0.29) is 6.04 Å². The van der Waals surface area contributed by atoms with Gasteiger partial charge >= 0.3 is 6.18 Å². The van der Waals surface area contributed by atoms with Gasteiger partial charge in [0.1, 0.15) is 8.24 Å². The molecule has 0 saturated heterocycles. The van der Waals surface area contributed by atoms with Crippen LogP contribution in [0.25, 0.3) is 0 Å². The van der Waals surface area contributed by atoms with E-state index in [1.165, 1.54) is 0 Å². The fourth-order valence-corrected chi connectivity index (χ4v) is 2.01. The molecule has 0 radical (unpaired) electrons. The van der Waals surface area contributed by atoms with E-state index >= 15 is 0 Å². The predicted molar refractivity (Wildman–Crippen MR) is 46.6 cm³/mol. The Balaban J connectivity index is 3.93. The van der Waals surface area contributed by atoms with Crippen LogP contribution in [0.5, 0.6) is 0 Å². The summed E-state index contributed by atoms with van der Waals surface area (Å²) in [7, 11) is 1.92. The predicted octanol–water partition coefficient (Wildman–Crippen LogP) is 2.71. The van der Waals surface area contributed by atoms with Crippen molar-refractivity contribution >= 4 is 8.24 Å². The van der Waals surface area contributed by atoms with Gasteiger partial charge in [-0.2, -0.15) is 13.2 Å². The van der Waals surface area contributed by atoms with Crippen LogP contribution in [-0.2, 0) is 0 Å². The van der Waals surface area contributed by atoms with Gasteiger partial charge in [0.05, 0.1) is 0 Å². The Morgan fingerprint density at radius 1 is 1.17 bits per heavy atom. The molecule has 0 heterocycles. The summed E-state index contributed by atoms with van der Waals surface area (Å²) >= 11 is 0. The SMILES string of the molecule is CN(C)[Si](C)(C)CCC(F)(F)F. The molecule has 12 heavy (non-hydrogen) atoms. The van der Waals surface area contributed by atoms with Crippen molar-refractivity contribution in [3.8, 4) is 0 Å². The number of hydrogen-bond acceptors (Lipinski definition) is 1. The average Bonchev–Trinajstić information content (AvgIpc) is 1.82. The first-order valence-corrected chi connectivity index (χ1v) is 7.05. The van der Waals surface area contributed by atoms with Crippen molar-refractivity contribution in [3.63, 3.8) is 0 Å². The average molecular weight is 199 g/mol. The standard InChI is InChI=1S/C7H16F3NSi/c1-11(2)12(3,4)6-5-7(8,9)10/h5-6H2,1-4H3. The smallest absolute Gasteiger partial charge is 0.329 e. The first kappa shape index (κ1) is 12.0. The Morgan fingerprint density at radius 2 is 1.58 bits per heavy atom. The van der Waals surface area contributed by atoms with Crippen molar-refractivity contribution in [3.05, 3.63) is 0 Å². The van der Waals surface area contributed by atoms with Crippen LogP contribution in [-0.4, -0.2) is 33.1 Å². The quantitative estimate of drug-likeness (QED) is 0.632. The molecule has 0 rings (SSSR count). The Bertz CT molecular complexity index is 142. The minimum atomic E-state index is -4.00. The molecule has 0 fully saturated rings. The second-order valence-electron chi connectivity index (χ2n) is 3.82. The van der Waals surface area contributed by atoms with Crippen LogP contribution in [0.2, 0.25) is 19.1 Å². The molecule has 0 bridgehead atoms. The number of halogens is 3. The first-order valence-electron chi connectivity index (χ1n) is 3.89. The van der Waals surface area contributed by atoms with Gasteiger partial charge in [-0.15, -0.1) is 0 Å². The van der Waals surface area contributed by atoms with E-state index in [4.69, 9.17) is 0 Å². The molecule has 5 heteroatoms. The van der Waals surface area contributed by atoms with Crippen LogP contribution in [0.3, 0.4) is 0 Å². The highest BCUT2D eigenvalue weighted by atomic mass is 28.3. The number of nitrogens with zero attached hydrogens (tertiary/aromatic N) is 1. The van der Waals surface area contributed by atoms with E-state index in [2.05, 4.69) is 0 Å². The van der Waals surface area contributed by atoms with Crippen LogP contribution in [0.15, 0.2) is 0 Å². The molecule has 0 unspecified atom stereocenters. The molecule has 0 amide bonds. The molecule has 0 spiro atoms. The molecule has 0 aliphatic carbocycles. The molecule has 0 aliphatic heterocycles. The zero-order chi connectivity index (χ0) is 9.99. The van der Waals surface area contributed by atoms with Gasteiger partial charge in [0.15, 0.2) is 0 Å². The van der Waals surface area contributed by atoms with Crippen LogP contribution in [0.4, 0.5) is 13.2 Å². The van der Waals surface area contributed by atoms with E-state index < -0.39 is 20.8 Å². The van der Waals surface area contributed by atoms with Crippen molar-refractivity contribution in [2.24, 2.45) is 0 Å². The van der Waals surface area contributed by atoms with Crippen LogP contribution >= 0.6 is 0 Å². The third kappa shape index (κ3) is 4.77. The summed E-state index contributed by atoms with van der Waals surface area (Å²) in [6, 6.07) is 0.281. The normalized spacial score (nSPS) is 14.0. The van der Waals surface area contributed by atoms with Gasteiger partial charge in [-0.25, -0.2) is 0 Å². The Morgan fingerprint density at radius 3 is 1.83 bits per heavy atom. The lowest BCUT2D eigenvalue weighted by Crippen LogP contribution is -2.43. The maximum Gasteiger partial charge on any atom is 0.388 e. The van der Waals surface area contributed by atoms with Gasteiger partial charge in [0, 0.05) is 6.42 Å². The first-order chi connectivity index (χ1) is 5.15. The zero-order valence-corrected chi connectivity index (χ0v) is 9.00. The molecule has 0 aromatic heterocycles. The Labute approximate surface area is 72.6 Å². The third-order valence-electron chi connectivity index (χ3n) is 2.23. The maximum atomic E-state index is 11.9. The topological polar surface area (TPSA) is 3.24 Å². The van der Waals surface area contributed by atoms with E-state index in [1.54, 1.807) is 0 Å². The van der Waals surface area contributed by atoms with Gasteiger partial charge in [-0.05, 0) is 20.1 Å². The Hall–Kier alpha value is -0.0331. The van der Waals surface area contributed by atoms with Crippen LogP contribution < -0.4 is 0 Å². The van der Waals surface area contributed by atoms with Crippen LogP contribution in [0, 0.1) is 0 Å². The van der Waals surface area contributed by atoms with E-state index in [0.29, 0.717) is 0 Å². The molecular weight excluding hydrogens is 183 g/mol. The van der Waals surface area contributed by atoms with Gasteiger partial charge < -0.3 is 4.57 Å². The fourth-order valence-electron chi connectivity index (χ4n) is 0.671. The summed E-state index contributed by atoms with van der Waals surface area (Å²) in [5.74, 6) is 0. The zero-order valence-electron chi connectivity index (χ0n) is 8.00. The molecule has 0 aromatic carbocycles. The molecule has 0 saturated carbocycles. The minimum absolute atomic E-state index is 0.281. The minimum Gasteiger partial charge on any atom is -0.329 e. The van der Waals surface area contributed by atoms with Gasteiger partial charge in [0.25, 0.3) is 0 Å². The van der Waals surface area contributed by atoms with Crippen molar-refractivity contribution < 1.29 is 13.2 Å². The summed E-state index contributed by atoms with van der Waals surface area (Å²) < 4.78 is 37.5. The molecule has 0 atom stereocenters. The van der Waals surface area contributed by atoms with Gasteiger partial charge in [0.2, 0.25) is 0 Å². The van der Waals surface area contributed by atoms with E-state index in [1.807, 2.05) is 31.8 Å². The fraction of sp³-hybridized carbons (Fsp3) is 1.00. The van der Waals surface area contributed by atoms with Crippen molar-refractivity contribution in [1.29, 1.82) is 0 Å². The summed E-state index contributed by atoms with van der Waals surface area (Å²) in [4.78, 5) is 0. The number of hydrogen-bond donors (Lipinski definition) is 0. The van der Waals surface area contributed by atoms with Crippen molar-refractivity contribution in [2.75, 3.05) is 14.1 Å². The number of rotatable bonds is 3. The monoisotopic (exact) mass is 199 g/mol. The molecule has 74 valence electrons. The van der Waals surface area contributed by atoms with E-state index in [0.717, 1.165) is 0 Å². The lowest BCUT2D eigenvalue weighted by atomic mass is 10.5. The largest absolute Gasteiger partial charge is 0.388 e. The second kappa shape index (κ2) is 3.78. The van der Waals surface area contributed by atoms with Crippen LogP contribution in [0.1, 0.15) is 6.42 Å². The molecule has 0 N–H and O–H groups in total. The lowest BCUT2D eigenvalue weighted by molar-refractivity contribution is -0.130. The summed E-state index contributed by atoms with van der Waals surface area (Å²) in [6.07, 6.45) is -4.65. The maximum absolute atomic E-state index is 11.9. The van der Waals surface area contributed by atoms with Crippen molar-refractivity contribution in [2.45, 2.75) is 31.7 Å².